The Morgan fingerprint density at radius 3 is 3.12 bits per heavy atom. The van der Waals surface area contributed by atoms with Gasteiger partial charge in [0.1, 0.15) is 0 Å². The van der Waals surface area contributed by atoms with E-state index in [2.05, 4.69) is 29.8 Å². The van der Waals surface area contributed by atoms with E-state index in [1.54, 1.807) is 0 Å². The van der Waals surface area contributed by atoms with Crippen LogP contribution in [0, 0.1) is 0 Å². The van der Waals surface area contributed by atoms with Gasteiger partial charge in [0.2, 0.25) is 0 Å². The smallest absolute Gasteiger partial charge is 0.0420 e. The van der Waals surface area contributed by atoms with Crippen molar-refractivity contribution < 1.29 is 0 Å². The zero-order valence-corrected chi connectivity index (χ0v) is 11.1. The molecule has 1 aliphatic carbocycles. The number of hydrogen-bond donors (Lipinski definition) is 1. The molecule has 1 heterocycles. The molecule has 2 N–H and O–H groups in total. The summed E-state index contributed by atoms with van der Waals surface area (Å²) in [5.74, 6) is 2.47. The number of hydrogen-bond acceptors (Lipinski definition) is 3. The van der Waals surface area contributed by atoms with Crippen LogP contribution in [0.1, 0.15) is 32.1 Å². The Hall–Kier alpha value is 0.0100. The summed E-state index contributed by atoms with van der Waals surface area (Å²) in [6.45, 7) is 1.19. The summed E-state index contributed by atoms with van der Waals surface area (Å²) in [5.41, 5.74) is 7.98. The van der Waals surface area contributed by atoms with Crippen molar-refractivity contribution in [2.45, 2.75) is 44.2 Å². The van der Waals surface area contributed by atoms with Gasteiger partial charge in [0, 0.05) is 30.1 Å². The van der Waals surface area contributed by atoms with Crippen LogP contribution in [-0.4, -0.2) is 42.1 Å². The number of rotatable bonds is 2. The van der Waals surface area contributed by atoms with Gasteiger partial charge in [0.15, 0.2) is 0 Å². The fraction of sp³-hybridized carbons (Fsp3) is 0.846. The highest BCUT2D eigenvalue weighted by Gasteiger charge is 2.27. The van der Waals surface area contributed by atoms with E-state index in [4.69, 9.17) is 5.73 Å². The Kier molecular flexibility index (Phi) is 4.74. The Labute approximate surface area is 104 Å². The maximum Gasteiger partial charge on any atom is 0.0420 e. The third kappa shape index (κ3) is 3.02. The summed E-state index contributed by atoms with van der Waals surface area (Å²) in [5, 5.41) is 0. The number of likely N-dealkylation sites (N-methyl/N-ethyl adjacent to an activating group) is 1. The van der Waals surface area contributed by atoms with Crippen molar-refractivity contribution in [1.82, 2.24) is 4.90 Å². The first-order chi connectivity index (χ1) is 7.79. The van der Waals surface area contributed by atoms with E-state index in [1.807, 2.05) is 0 Å². The van der Waals surface area contributed by atoms with Gasteiger partial charge >= 0.3 is 0 Å². The molecule has 1 fully saturated rings. The average molecular weight is 240 g/mol. The molecule has 0 spiro atoms. The van der Waals surface area contributed by atoms with E-state index in [-0.39, 0.29) is 6.04 Å². The molecule has 3 heteroatoms. The van der Waals surface area contributed by atoms with Crippen LogP contribution >= 0.6 is 11.8 Å². The van der Waals surface area contributed by atoms with Gasteiger partial charge < -0.3 is 5.73 Å². The standard InChI is InChI=1S/C13H24N2S/c1-15-8-9-16-10-12(15)13(14)11-6-4-2-3-5-7-11/h6,12-13H,2-5,7-10,14H2,1H3. The predicted octanol–water partition coefficient (Wildman–Crippen LogP) is 2.25. The van der Waals surface area contributed by atoms with Crippen LogP contribution < -0.4 is 5.73 Å². The van der Waals surface area contributed by atoms with Gasteiger partial charge in [-0.25, -0.2) is 0 Å². The molecule has 1 saturated heterocycles. The second kappa shape index (κ2) is 6.08. The monoisotopic (exact) mass is 240 g/mol. The normalized spacial score (nSPS) is 30.6. The van der Waals surface area contributed by atoms with E-state index in [0.29, 0.717) is 6.04 Å². The van der Waals surface area contributed by atoms with Crippen molar-refractivity contribution in [2.75, 3.05) is 25.1 Å². The molecule has 0 aromatic carbocycles. The zero-order valence-electron chi connectivity index (χ0n) is 10.3. The van der Waals surface area contributed by atoms with Gasteiger partial charge in [0.05, 0.1) is 0 Å². The van der Waals surface area contributed by atoms with Crippen LogP contribution in [0.3, 0.4) is 0 Å². The fourth-order valence-corrected chi connectivity index (χ4v) is 3.96. The van der Waals surface area contributed by atoms with Crippen LogP contribution in [0.15, 0.2) is 11.6 Å². The maximum absolute atomic E-state index is 6.46. The number of allylic oxidation sites excluding steroid dienone is 1. The lowest BCUT2D eigenvalue weighted by molar-refractivity contribution is 0.247. The summed E-state index contributed by atoms with van der Waals surface area (Å²) < 4.78 is 0. The molecule has 2 aliphatic rings. The van der Waals surface area contributed by atoms with Crippen LogP contribution in [0.4, 0.5) is 0 Å². The highest BCUT2D eigenvalue weighted by molar-refractivity contribution is 7.99. The van der Waals surface area contributed by atoms with Crippen molar-refractivity contribution in [2.24, 2.45) is 5.73 Å². The highest BCUT2D eigenvalue weighted by Crippen LogP contribution is 2.25. The average Bonchev–Trinajstić information content (AvgIpc) is 2.57. The van der Waals surface area contributed by atoms with Crippen molar-refractivity contribution >= 4 is 11.8 Å². The van der Waals surface area contributed by atoms with Crippen LogP contribution in [-0.2, 0) is 0 Å². The first kappa shape index (κ1) is 12.5. The summed E-state index contributed by atoms with van der Waals surface area (Å²) in [6, 6.07) is 0.832. The summed E-state index contributed by atoms with van der Waals surface area (Å²) >= 11 is 2.06. The molecule has 0 saturated carbocycles. The Morgan fingerprint density at radius 1 is 1.44 bits per heavy atom. The molecule has 0 amide bonds. The number of nitrogens with zero attached hydrogens (tertiary/aromatic N) is 1. The van der Waals surface area contributed by atoms with Crippen molar-refractivity contribution in [1.29, 1.82) is 0 Å². The van der Waals surface area contributed by atoms with E-state index < -0.39 is 0 Å². The lowest BCUT2D eigenvalue weighted by Crippen LogP contribution is -2.51. The quantitative estimate of drug-likeness (QED) is 0.751. The first-order valence-electron chi connectivity index (χ1n) is 6.51. The van der Waals surface area contributed by atoms with Crippen molar-refractivity contribution in [3.8, 4) is 0 Å². The minimum absolute atomic E-state index is 0.274. The Balaban J connectivity index is 1.98. The predicted molar refractivity (Wildman–Crippen MR) is 72.9 cm³/mol. The van der Waals surface area contributed by atoms with Gasteiger partial charge in [-0.2, -0.15) is 11.8 Å². The molecule has 0 bridgehead atoms. The van der Waals surface area contributed by atoms with Gasteiger partial charge in [0.25, 0.3) is 0 Å². The maximum atomic E-state index is 6.46. The van der Waals surface area contributed by atoms with Crippen LogP contribution in [0.5, 0.6) is 0 Å². The van der Waals surface area contributed by atoms with E-state index in [0.717, 1.165) is 0 Å². The molecule has 92 valence electrons. The van der Waals surface area contributed by atoms with Gasteiger partial charge in [-0.1, -0.05) is 18.1 Å². The Bertz CT molecular complexity index is 252. The van der Waals surface area contributed by atoms with E-state index >= 15 is 0 Å². The number of nitrogens with two attached hydrogens (primary N) is 1. The summed E-state index contributed by atoms with van der Waals surface area (Å²) in [7, 11) is 2.22. The van der Waals surface area contributed by atoms with E-state index in [1.165, 1.54) is 55.7 Å². The molecule has 16 heavy (non-hydrogen) atoms. The molecule has 1 aliphatic heterocycles. The van der Waals surface area contributed by atoms with Crippen molar-refractivity contribution in [3.63, 3.8) is 0 Å². The third-order valence-electron chi connectivity index (χ3n) is 3.86. The molecule has 0 radical (unpaired) electrons. The molecule has 2 atom stereocenters. The second-order valence-electron chi connectivity index (χ2n) is 5.03. The first-order valence-corrected chi connectivity index (χ1v) is 7.67. The second-order valence-corrected chi connectivity index (χ2v) is 6.18. The lowest BCUT2D eigenvalue weighted by atomic mass is 9.96. The summed E-state index contributed by atoms with van der Waals surface area (Å²) in [6.07, 6.45) is 8.96. The molecule has 2 rings (SSSR count). The largest absolute Gasteiger partial charge is 0.323 e. The van der Waals surface area contributed by atoms with Gasteiger partial charge in [-0.05, 0) is 32.7 Å². The topological polar surface area (TPSA) is 29.3 Å². The number of thioether (sulfide) groups is 1. The molecule has 0 aromatic rings. The minimum atomic E-state index is 0.274. The molecular weight excluding hydrogens is 216 g/mol. The molecule has 0 aromatic heterocycles. The molecular formula is C13H24N2S. The Morgan fingerprint density at radius 2 is 2.31 bits per heavy atom. The van der Waals surface area contributed by atoms with Gasteiger partial charge in [-0.15, -0.1) is 0 Å². The SMILES string of the molecule is CN1CCSCC1C(N)C1=CCCCCC1. The lowest BCUT2D eigenvalue weighted by Gasteiger charge is -2.37. The zero-order chi connectivity index (χ0) is 11.4. The van der Waals surface area contributed by atoms with Crippen molar-refractivity contribution in [3.05, 3.63) is 11.6 Å². The minimum Gasteiger partial charge on any atom is -0.323 e. The van der Waals surface area contributed by atoms with E-state index in [9.17, 15) is 0 Å². The van der Waals surface area contributed by atoms with Gasteiger partial charge in [-0.3, -0.25) is 4.90 Å². The molecule has 2 unspecified atom stereocenters. The molecule has 2 nitrogen and oxygen atoms in total. The fourth-order valence-electron chi connectivity index (χ4n) is 2.67. The third-order valence-corrected chi connectivity index (χ3v) is 4.91. The summed E-state index contributed by atoms with van der Waals surface area (Å²) in [4.78, 5) is 2.45. The highest BCUT2D eigenvalue weighted by atomic mass is 32.2. The van der Waals surface area contributed by atoms with Crippen LogP contribution in [0.2, 0.25) is 0 Å². The van der Waals surface area contributed by atoms with Crippen LogP contribution in [0.25, 0.3) is 0 Å².